The fourth-order valence-corrected chi connectivity index (χ4v) is 2.27. The average Bonchev–Trinajstić information content (AvgIpc) is 2.17. The molecule has 1 N–H and O–H groups in total. The molecule has 0 amide bonds. The molecule has 0 saturated carbocycles. The summed E-state index contributed by atoms with van der Waals surface area (Å²) in [5, 5.41) is 3.38. The lowest BCUT2D eigenvalue weighted by Crippen LogP contribution is -2.50. The topological polar surface area (TPSA) is 15.3 Å². The minimum Gasteiger partial charge on any atom is -0.314 e. The standard InChI is InChI=1S/C12H26N2/c1-5-11-7-6-8-14(9-11)10-12(2,3)13-4/h11,13H,5-10H2,1-4H3. The van der Waals surface area contributed by atoms with Gasteiger partial charge in [0.05, 0.1) is 0 Å². The van der Waals surface area contributed by atoms with E-state index < -0.39 is 0 Å². The van der Waals surface area contributed by atoms with Gasteiger partial charge in [-0.25, -0.2) is 0 Å². The van der Waals surface area contributed by atoms with E-state index in [0.29, 0.717) is 0 Å². The van der Waals surface area contributed by atoms with Crippen molar-refractivity contribution in [3.8, 4) is 0 Å². The maximum absolute atomic E-state index is 3.38. The molecule has 0 aromatic heterocycles. The van der Waals surface area contributed by atoms with Gasteiger partial charge in [0.15, 0.2) is 0 Å². The molecule has 1 unspecified atom stereocenters. The monoisotopic (exact) mass is 198 g/mol. The van der Waals surface area contributed by atoms with Crippen molar-refractivity contribution in [2.45, 2.75) is 45.6 Å². The number of rotatable bonds is 4. The smallest absolute Gasteiger partial charge is 0.0249 e. The second-order valence-corrected chi connectivity index (χ2v) is 5.29. The van der Waals surface area contributed by atoms with Gasteiger partial charge in [0, 0.05) is 18.6 Å². The summed E-state index contributed by atoms with van der Waals surface area (Å²) in [5.41, 5.74) is 0.260. The van der Waals surface area contributed by atoms with Gasteiger partial charge in [-0.2, -0.15) is 0 Å². The number of likely N-dealkylation sites (N-methyl/N-ethyl adjacent to an activating group) is 1. The molecule has 1 saturated heterocycles. The molecule has 1 atom stereocenters. The van der Waals surface area contributed by atoms with Gasteiger partial charge in [-0.15, -0.1) is 0 Å². The van der Waals surface area contributed by atoms with Gasteiger partial charge < -0.3 is 10.2 Å². The minimum absolute atomic E-state index is 0.260. The van der Waals surface area contributed by atoms with E-state index in [0.717, 1.165) is 5.92 Å². The Morgan fingerprint density at radius 2 is 2.14 bits per heavy atom. The van der Waals surface area contributed by atoms with Gasteiger partial charge in [-0.05, 0) is 46.2 Å². The highest BCUT2D eigenvalue weighted by atomic mass is 15.2. The fourth-order valence-electron chi connectivity index (χ4n) is 2.27. The molecule has 1 heterocycles. The highest BCUT2D eigenvalue weighted by Gasteiger charge is 2.24. The summed E-state index contributed by atoms with van der Waals surface area (Å²) in [4.78, 5) is 2.62. The van der Waals surface area contributed by atoms with E-state index in [4.69, 9.17) is 0 Å². The third kappa shape index (κ3) is 3.58. The van der Waals surface area contributed by atoms with E-state index in [2.05, 4.69) is 38.0 Å². The van der Waals surface area contributed by atoms with Gasteiger partial charge in [-0.3, -0.25) is 0 Å². The molecule has 1 aliphatic rings. The molecule has 1 rings (SSSR count). The maximum atomic E-state index is 3.38. The van der Waals surface area contributed by atoms with Crippen LogP contribution in [0.4, 0.5) is 0 Å². The summed E-state index contributed by atoms with van der Waals surface area (Å²) < 4.78 is 0. The van der Waals surface area contributed by atoms with E-state index in [-0.39, 0.29) is 5.54 Å². The Balaban J connectivity index is 2.37. The molecule has 0 bridgehead atoms. The second kappa shape index (κ2) is 5.13. The van der Waals surface area contributed by atoms with Crippen molar-refractivity contribution in [2.75, 3.05) is 26.7 Å². The lowest BCUT2D eigenvalue weighted by Gasteiger charge is -2.37. The van der Waals surface area contributed by atoms with Crippen LogP contribution in [-0.4, -0.2) is 37.1 Å². The van der Waals surface area contributed by atoms with Crippen LogP contribution in [0.3, 0.4) is 0 Å². The van der Waals surface area contributed by atoms with Crippen molar-refractivity contribution in [2.24, 2.45) is 5.92 Å². The van der Waals surface area contributed by atoms with Crippen molar-refractivity contribution < 1.29 is 0 Å². The van der Waals surface area contributed by atoms with Gasteiger partial charge in [0.1, 0.15) is 0 Å². The molecule has 0 spiro atoms. The van der Waals surface area contributed by atoms with Crippen LogP contribution in [0, 0.1) is 5.92 Å². The third-order valence-electron chi connectivity index (χ3n) is 3.48. The van der Waals surface area contributed by atoms with Crippen LogP contribution in [0.15, 0.2) is 0 Å². The highest BCUT2D eigenvalue weighted by molar-refractivity contribution is 4.83. The zero-order valence-corrected chi connectivity index (χ0v) is 10.3. The van der Waals surface area contributed by atoms with E-state index in [1.54, 1.807) is 0 Å². The molecule has 0 radical (unpaired) electrons. The summed E-state index contributed by atoms with van der Waals surface area (Å²) in [6, 6.07) is 0. The number of hydrogen-bond donors (Lipinski definition) is 1. The van der Waals surface area contributed by atoms with Crippen molar-refractivity contribution in [1.82, 2.24) is 10.2 Å². The molecule has 0 aliphatic carbocycles. The Hall–Kier alpha value is -0.0800. The first-order chi connectivity index (χ1) is 6.57. The summed E-state index contributed by atoms with van der Waals surface area (Å²) in [5.74, 6) is 0.941. The van der Waals surface area contributed by atoms with E-state index in [9.17, 15) is 0 Å². The molecule has 84 valence electrons. The lowest BCUT2D eigenvalue weighted by atomic mass is 9.94. The summed E-state index contributed by atoms with van der Waals surface area (Å²) >= 11 is 0. The number of nitrogens with one attached hydrogen (secondary N) is 1. The van der Waals surface area contributed by atoms with Crippen LogP contribution >= 0.6 is 0 Å². The Labute approximate surface area is 89.1 Å². The molecule has 1 aliphatic heterocycles. The minimum atomic E-state index is 0.260. The number of nitrogens with zero attached hydrogens (tertiary/aromatic N) is 1. The Morgan fingerprint density at radius 3 is 2.71 bits per heavy atom. The second-order valence-electron chi connectivity index (χ2n) is 5.29. The SMILES string of the molecule is CCC1CCCN(CC(C)(C)NC)C1. The largest absolute Gasteiger partial charge is 0.314 e. The van der Waals surface area contributed by atoms with Gasteiger partial charge in [0.2, 0.25) is 0 Å². The number of likely N-dealkylation sites (tertiary alicyclic amines) is 1. The first kappa shape index (κ1) is 12.0. The molecule has 2 heteroatoms. The Kier molecular flexibility index (Phi) is 4.39. The quantitative estimate of drug-likeness (QED) is 0.744. The number of hydrogen-bond acceptors (Lipinski definition) is 2. The van der Waals surface area contributed by atoms with Crippen LogP contribution in [0.25, 0.3) is 0 Å². The fraction of sp³-hybridized carbons (Fsp3) is 1.00. The van der Waals surface area contributed by atoms with E-state index >= 15 is 0 Å². The Bertz CT molecular complexity index is 166. The zero-order chi connectivity index (χ0) is 10.6. The van der Waals surface area contributed by atoms with Crippen LogP contribution in [0.1, 0.15) is 40.0 Å². The van der Waals surface area contributed by atoms with E-state index in [1.807, 2.05) is 0 Å². The van der Waals surface area contributed by atoms with Crippen LogP contribution < -0.4 is 5.32 Å². The normalized spacial score (nSPS) is 25.3. The summed E-state index contributed by atoms with van der Waals surface area (Å²) in [6.45, 7) is 10.7. The van der Waals surface area contributed by atoms with Crippen molar-refractivity contribution in [3.05, 3.63) is 0 Å². The van der Waals surface area contributed by atoms with Crippen molar-refractivity contribution in [3.63, 3.8) is 0 Å². The third-order valence-corrected chi connectivity index (χ3v) is 3.48. The van der Waals surface area contributed by atoms with Gasteiger partial charge in [-0.1, -0.05) is 13.3 Å². The van der Waals surface area contributed by atoms with E-state index in [1.165, 1.54) is 38.9 Å². The van der Waals surface area contributed by atoms with Crippen LogP contribution in [0.5, 0.6) is 0 Å². The molecule has 14 heavy (non-hydrogen) atoms. The maximum Gasteiger partial charge on any atom is 0.0249 e. The predicted octanol–water partition coefficient (Wildman–Crippen LogP) is 2.11. The molecular weight excluding hydrogens is 172 g/mol. The lowest BCUT2D eigenvalue weighted by molar-refractivity contribution is 0.137. The number of piperidine rings is 1. The molecule has 2 nitrogen and oxygen atoms in total. The van der Waals surface area contributed by atoms with Crippen LogP contribution in [0.2, 0.25) is 0 Å². The molecule has 0 aromatic rings. The van der Waals surface area contributed by atoms with Gasteiger partial charge in [0.25, 0.3) is 0 Å². The highest BCUT2D eigenvalue weighted by Crippen LogP contribution is 2.20. The zero-order valence-electron chi connectivity index (χ0n) is 10.3. The van der Waals surface area contributed by atoms with Crippen molar-refractivity contribution >= 4 is 0 Å². The first-order valence-corrected chi connectivity index (χ1v) is 5.98. The predicted molar refractivity (Wildman–Crippen MR) is 62.6 cm³/mol. The first-order valence-electron chi connectivity index (χ1n) is 5.98. The average molecular weight is 198 g/mol. The summed E-state index contributed by atoms with van der Waals surface area (Å²) in [7, 11) is 2.06. The van der Waals surface area contributed by atoms with Crippen LogP contribution in [-0.2, 0) is 0 Å². The van der Waals surface area contributed by atoms with Gasteiger partial charge >= 0.3 is 0 Å². The molecule has 0 aromatic carbocycles. The summed E-state index contributed by atoms with van der Waals surface area (Å²) in [6.07, 6.45) is 4.17. The molecule has 1 fully saturated rings. The molecular formula is C12H26N2. The van der Waals surface area contributed by atoms with Crippen molar-refractivity contribution in [1.29, 1.82) is 0 Å². The Morgan fingerprint density at radius 1 is 1.43 bits per heavy atom.